The van der Waals surface area contributed by atoms with Gasteiger partial charge in [-0.25, -0.2) is 8.42 Å². The summed E-state index contributed by atoms with van der Waals surface area (Å²) in [5.41, 5.74) is 6.03. The summed E-state index contributed by atoms with van der Waals surface area (Å²) in [7, 11) is -3.65. The Morgan fingerprint density at radius 3 is 2.32 bits per heavy atom. The van der Waals surface area contributed by atoms with E-state index in [1.165, 1.54) is 40.3 Å². The van der Waals surface area contributed by atoms with Crippen molar-refractivity contribution >= 4 is 33.6 Å². The highest BCUT2D eigenvalue weighted by Gasteiger charge is 2.25. The molecule has 0 aromatic heterocycles. The molecule has 1 aliphatic rings. The minimum Gasteiger partial charge on any atom is -0.272 e. The molecule has 1 fully saturated rings. The fourth-order valence-electron chi connectivity index (χ4n) is 3.25. The van der Waals surface area contributed by atoms with Crippen LogP contribution in [0.3, 0.4) is 0 Å². The number of thioether (sulfide) groups is 1. The molecule has 9 heteroatoms. The van der Waals surface area contributed by atoms with Crippen molar-refractivity contribution in [3.8, 4) is 0 Å². The first kappa shape index (κ1) is 23.3. The number of hydrogen-bond donors (Lipinski definition) is 2. The number of benzene rings is 2. The van der Waals surface area contributed by atoms with E-state index in [0.29, 0.717) is 13.1 Å². The normalized spacial score (nSPS) is 15.1. The summed E-state index contributed by atoms with van der Waals surface area (Å²) >= 11 is 1.36. The molecule has 1 aliphatic heterocycles. The highest BCUT2D eigenvalue weighted by atomic mass is 32.2. The molecule has 0 saturated carbocycles. The summed E-state index contributed by atoms with van der Waals surface area (Å²) < 4.78 is 27.4. The molecule has 2 amide bonds. The molecular weight excluding hydrogens is 434 g/mol. The third-order valence-corrected chi connectivity index (χ3v) is 7.91. The molecule has 0 atom stereocenters. The van der Waals surface area contributed by atoms with Crippen LogP contribution < -0.4 is 10.9 Å². The summed E-state index contributed by atoms with van der Waals surface area (Å²) in [6.07, 6.45) is 3.73. The van der Waals surface area contributed by atoms with Gasteiger partial charge in [0.05, 0.1) is 10.6 Å². The van der Waals surface area contributed by atoms with E-state index in [0.717, 1.165) is 36.1 Å². The summed E-state index contributed by atoms with van der Waals surface area (Å²) in [5, 5.41) is 0. The number of nitrogens with zero attached hydrogens (tertiary/aromatic N) is 1. The zero-order valence-corrected chi connectivity index (χ0v) is 19.1. The van der Waals surface area contributed by atoms with Gasteiger partial charge in [0.15, 0.2) is 0 Å². The van der Waals surface area contributed by atoms with Crippen molar-refractivity contribution in [3.05, 3.63) is 59.7 Å². The van der Waals surface area contributed by atoms with Gasteiger partial charge in [-0.1, -0.05) is 36.6 Å². The molecular formula is C22H27N3O4S2. The number of hydrogen-bond acceptors (Lipinski definition) is 5. The molecule has 1 saturated heterocycles. The number of carbonyl (C=O) groups excluding carboxylic acids is 2. The third kappa shape index (κ3) is 6.56. The smallest absolute Gasteiger partial charge is 0.269 e. The van der Waals surface area contributed by atoms with Crippen LogP contribution in [0.15, 0.2) is 58.3 Å². The van der Waals surface area contributed by atoms with Crippen molar-refractivity contribution in [1.82, 2.24) is 15.2 Å². The van der Waals surface area contributed by atoms with Crippen molar-refractivity contribution in [3.63, 3.8) is 0 Å². The minimum atomic E-state index is -3.65. The third-order valence-electron chi connectivity index (χ3n) is 5.01. The van der Waals surface area contributed by atoms with Gasteiger partial charge in [-0.2, -0.15) is 4.31 Å². The van der Waals surface area contributed by atoms with Gasteiger partial charge in [-0.15, -0.1) is 11.8 Å². The number of hydrazine groups is 1. The zero-order chi connectivity index (χ0) is 22.3. The fraction of sp³-hybridized carbons (Fsp3) is 0.364. The molecule has 7 nitrogen and oxygen atoms in total. The van der Waals surface area contributed by atoms with Gasteiger partial charge in [0.1, 0.15) is 0 Å². The molecule has 0 radical (unpaired) electrons. The standard InChI is InChI=1S/C22H27N3O4S2/c1-17-9-11-19(12-10-17)30-16-21(26)23-24-22(27)18-7-6-8-20(15-18)31(28,29)25-13-4-2-3-5-14-25/h6-12,15H,2-5,13-14,16H2,1H3,(H,23,26)(H,24,27). The van der Waals surface area contributed by atoms with Gasteiger partial charge in [0.25, 0.3) is 5.91 Å². The first-order chi connectivity index (χ1) is 14.9. The number of sulfonamides is 1. The minimum absolute atomic E-state index is 0.0864. The van der Waals surface area contributed by atoms with E-state index < -0.39 is 15.9 Å². The van der Waals surface area contributed by atoms with Crippen LogP contribution in [0.25, 0.3) is 0 Å². The van der Waals surface area contributed by atoms with Gasteiger partial charge in [0, 0.05) is 23.5 Å². The Labute approximate surface area is 187 Å². The summed E-state index contributed by atoms with van der Waals surface area (Å²) in [6, 6.07) is 13.7. The zero-order valence-electron chi connectivity index (χ0n) is 17.5. The second-order valence-electron chi connectivity index (χ2n) is 7.45. The lowest BCUT2D eigenvalue weighted by atomic mass is 10.2. The molecule has 0 bridgehead atoms. The Balaban J connectivity index is 1.56. The maximum Gasteiger partial charge on any atom is 0.269 e. The highest BCUT2D eigenvalue weighted by molar-refractivity contribution is 8.00. The van der Waals surface area contributed by atoms with Gasteiger partial charge < -0.3 is 0 Å². The molecule has 2 aromatic carbocycles. The average Bonchev–Trinajstić information content (AvgIpc) is 3.07. The van der Waals surface area contributed by atoms with Crippen LogP contribution in [-0.4, -0.2) is 43.4 Å². The van der Waals surface area contributed by atoms with Crippen molar-refractivity contribution in [1.29, 1.82) is 0 Å². The molecule has 1 heterocycles. The fourth-order valence-corrected chi connectivity index (χ4v) is 5.51. The molecule has 166 valence electrons. The number of rotatable bonds is 6. The highest BCUT2D eigenvalue weighted by Crippen LogP contribution is 2.21. The monoisotopic (exact) mass is 461 g/mol. The maximum absolute atomic E-state index is 12.9. The van der Waals surface area contributed by atoms with Crippen molar-refractivity contribution in [2.45, 2.75) is 42.4 Å². The van der Waals surface area contributed by atoms with Crippen molar-refractivity contribution in [2.75, 3.05) is 18.8 Å². The molecule has 3 rings (SSSR count). The Morgan fingerprint density at radius 2 is 1.65 bits per heavy atom. The molecule has 2 N–H and O–H groups in total. The molecule has 0 aliphatic carbocycles. The van der Waals surface area contributed by atoms with Crippen molar-refractivity contribution in [2.24, 2.45) is 0 Å². The van der Waals surface area contributed by atoms with Gasteiger partial charge in [-0.3, -0.25) is 20.4 Å². The van der Waals surface area contributed by atoms with Crippen LogP contribution >= 0.6 is 11.8 Å². The summed E-state index contributed by atoms with van der Waals surface area (Å²) in [4.78, 5) is 25.5. The van der Waals surface area contributed by atoms with E-state index in [1.807, 2.05) is 31.2 Å². The van der Waals surface area contributed by atoms with Gasteiger partial charge in [-0.05, 0) is 50.1 Å². The van der Waals surface area contributed by atoms with E-state index in [2.05, 4.69) is 10.9 Å². The number of nitrogens with one attached hydrogen (secondary N) is 2. The number of amides is 2. The SMILES string of the molecule is Cc1ccc(SCC(=O)NNC(=O)c2cccc(S(=O)(=O)N3CCCCCC3)c2)cc1. The van der Waals surface area contributed by atoms with Crippen LogP contribution in [0, 0.1) is 6.92 Å². The number of carbonyl (C=O) groups is 2. The topological polar surface area (TPSA) is 95.6 Å². The van der Waals surface area contributed by atoms with Crippen LogP contribution in [0.4, 0.5) is 0 Å². The van der Waals surface area contributed by atoms with Gasteiger partial charge >= 0.3 is 0 Å². The molecule has 2 aromatic rings. The molecule has 0 unspecified atom stereocenters. The van der Waals surface area contributed by atoms with Crippen LogP contribution in [0.1, 0.15) is 41.6 Å². The quantitative estimate of drug-likeness (QED) is 0.509. The summed E-state index contributed by atoms with van der Waals surface area (Å²) in [5.74, 6) is -0.777. The largest absolute Gasteiger partial charge is 0.272 e. The van der Waals surface area contributed by atoms with E-state index in [-0.39, 0.29) is 22.1 Å². The van der Waals surface area contributed by atoms with Crippen LogP contribution in [0.2, 0.25) is 0 Å². The van der Waals surface area contributed by atoms with E-state index in [9.17, 15) is 18.0 Å². The Hall–Kier alpha value is -2.36. The van der Waals surface area contributed by atoms with E-state index >= 15 is 0 Å². The lowest BCUT2D eigenvalue weighted by Crippen LogP contribution is -2.42. The van der Waals surface area contributed by atoms with E-state index in [1.54, 1.807) is 0 Å². The lowest BCUT2D eigenvalue weighted by molar-refractivity contribution is -0.119. The Bertz CT molecular complexity index is 1020. The Morgan fingerprint density at radius 1 is 0.968 bits per heavy atom. The second kappa shape index (κ2) is 10.8. The summed E-state index contributed by atoms with van der Waals surface area (Å²) in [6.45, 7) is 2.98. The van der Waals surface area contributed by atoms with Gasteiger partial charge in [0.2, 0.25) is 15.9 Å². The average molecular weight is 462 g/mol. The predicted octanol–water partition coefficient (Wildman–Crippen LogP) is 3.11. The number of aryl methyl sites for hydroxylation is 1. The lowest BCUT2D eigenvalue weighted by Gasteiger charge is -2.20. The van der Waals surface area contributed by atoms with E-state index in [4.69, 9.17) is 0 Å². The first-order valence-electron chi connectivity index (χ1n) is 10.2. The van der Waals surface area contributed by atoms with Crippen molar-refractivity contribution < 1.29 is 18.0 Å². The Kier molecular flexibility index (Phi) is 8.11. The molecule has 31 heavy (non-hydrogen) atoms. The van der Waals surface area contributed by atoms with Crippen LogP contribution in [-0.2, 0) is 14.8 Å². The predicted molar refractivity (Wildman–Crippen MR) is 121 cm³/mol. The molecule has 0 spiro atoms. The first-order valence-corrected chi connectivity index (χ1v) is 12.7. The maximum atomic E-state index is 12.9. The second-order valence-corrected chi connectivity index (χ2v) is 10.4. The van der Waals surface area contributed by atoms with Crippen LogP contribution in [0.5, 0.6) is 0 Å².